The molecule has 0 aliphatic carbocycles. The Morgan fingerprint density at radius 3 is 2.50 bits per heavy atom. The van der Waals surface area contributed by atoms with Gasteiger partial charge in [-0.3, -0.25) is 14.7 Å². The minimum atomic E-state index is -4.68. The van der Waals surface area contributed by atoms with Gasteiger partial charge in [0.15, 0.2) is 5.84 Å². The number of alkyl halides is 3. The Labute approximate surface area is 145 Å². The quantitative estimate of drug-likeness (QED) is 0.621. The van der Waals surface area contributed by atoms with Crippen molar-refractivity contribution < 1.29 is 27.6 Å². The van der Waals surface area contributed by atoms with Crippen LogP contribution in [0.3, 0.4) is 0 Å². The smallest absolute Gasteiger partial charge is 0.311 e. The highest BCUT2D eigenvalue weighted by Crippen LogP contribution is 2.32. The zero-order valence-electron chi connectivity index (χ0n) is 13.2. The van der Waals surface area contributed by atoms with Crippen molar-refractivity contribution in [2.75, 3.05) is 6.54 Å². The van der Waals surface area contributed by atoms with Crippen LogP contribution in [0, 0.1) is 0 Å². The summed E-state index contributed by atoms with van der Waals surface area (Å²) in [5, 5.41) is 3.60. The van der Waals surface area contributed by atoms with E-state index in [1.807, 2.05) is 0 Å². The number of halogens is 3. The average Bonchev–Trinajstić information content (AvgIpc) is 2.60. The van der Waals surface area contributed by atoms with Crippen molar-refractivity contribution in [1.82, 2.24) is 9.88 Å². The molecule has 26 heavy (non-hydrogen) atoms. The lowest BCUT2D eigenvalue weighted by Crippen LogP contribution is -2.48. The van der Waals surface area contributed by atoms with E-state index in [4.69, 9.17) is 4.84 Å². The van der Waals surface area contributed by atoms with Crippen molar-refractivity contribution in [1.29, 1.82) is 0 Å². The molecule has 0 N–H and O–H groups in total. The highest BCUT2D eigenvalue weighted by atomic mass is 19.4. The Morgan fingerprint density at radius 1 is 1.15 bits per heavy atom. The highest BCUT2D eigenvalue weighted by molar-refractivity contribution is 6.10. The van der Waals surface area contributed by atoms with Crippen molar-refractivity contribution >= 4 is 17.7 Å². The number of nitrogens with zero attached hydrogens (tertiary/aromatic N) is 3. The van der Waals surface area contributed by atoms with Gasteiger partial charge < -0.3 is 4.84 Å². The first kappa shape index (κ1) is 17.6. The molecule has 2 aromatic rings. The van der Waals surface area contributed by atoms with E-state index in [9.17, 15) is 22.8 Å². The normalized spacial score (nSPS) is 15.5. The molecule has 3 rings (SSSR count). The molecule has 0 unspecified atom stereocenters. The number of carbonyl (C=O) groups excluding carboxylic acids is 2. The number of amides is 1. The fourth-order valence-corrected chi connectivity index (χ4v) is 2.32. The predicted molar refractivity (Wildman–Crippen MR) is 84.2 cm³/mol. The third-order valence-corrected chi connectivity index (χ3v) is 3.72. The minimum Gasteiger partial charge on any atom is -0.311 e. The van der Waals surface area contributed by atoms with Gasteiger partial charge in [-0.25, -0.2) is 4.79 Å². The van der Waals surface area contributed by atoms with Crippen LogP contribution in [0.15, 0.2) is 53.9 Å². The monoisotopic (exact) mass is 363 g/mol. The third-order valence-electron chi connectivity index (χ3n) is 3.72. The summed E-state index contributed by atoms with van der Waals surface area (Å²) >= 11 is 0. The van der Waals surface area contributed by atoms with Crippen molar-refractivity contribution in [3.05, 3.63) is 65.5 Å². The number of rotatable bonds is 3. The van der Waals surface area contributed by atoms with Gasteiger partial charge in [0.1, 0.15) is 0 Å². The molecule has 1 aliphatic rings. The topological polar surface area (TPSA) is 71.9 Å². The lowest BCUT2D eigenvalue weighted by atomic mass is 10.1. The second-order valence-corrected chi connectivity index (χ2v) is 5.38. The van der Waals surface area contributed by atoms with Crippen LogP contribution in [0.4, 0.5) is 13.2 Å². The maximum Gasteiger partial charge on any atom is 0.417 e. The summed E-state index contributed by atoms with van der Waals surface area (Å²) in [6.07, 6.45) is -2.56. The Bertz CT molecular complexity index is 866. The van der Waals surface area contributed by atoms with Crippen LogP contribution in [-0.2, 0) is 11.0 Å². The van der Waals surface area contributed by atoms with Crippen LogP contribution in [0.5, 0.6) is 0 Å². The molecule has 0 radical (unpaired) electrons. The van der Waals surface area contributed by atoms with Crippen LogP contribution in [0.2, 0.25) is 0 Å². The molecule has 1 aromatic carbocycles. The van der Waals surface area contributed by atoms with Gasteiger partial charge in [0.2, 0.25) is 0 Å². The number of hydrogen-bond acceptors (Lipinski definition) is 5. The maximum absolute atomic E-state index is 13.0. The zero-order chi connectivity index (χ0) is 18.7. The summed E-state index contributed by atoms with van der Waals surface area (Å²) in [5.41, 5.74) is -1.40. The number of likely N-dealkylation sites (tertiary alicyclic amines) is 1. The predicted octanol–water partition coefficient (Wildman–Crippen LogP) is 3.12. The lowest BCUT2D eigenvalue weighted by molar-refractivity contribution is -0.138. The van der Waals surface area contributed by atoms with E-state index in [0.717, 1.165) is 23.4 Å². The number of benzene rings is 1. The molecule has 6 nitrogen and oxygen atoms in total. The molecule has 0 spiro atoms. The van der Waals surface area contributed by atoms with E-state index in [-0.39, 0.29) is 17.9 Å². The molecule has 0 bridgehead atoms. The molecule has 1 fully saturated rings. The van der Waals surface area contributed by atoms with Gasteiger partial charge in [-0.15, -0.1) is 0 Å². The van der Waals surface area contributed by atoms with E-state index in [1.165, 1.54) is 12.1 Å². The number of oxime groups is 1. The Balaban J connectivity index is 1.75. The van der Waals surface area contributed by atoms with Gasteiger partial charge in [-0.1, -0.05) is 23.4 Å². The van der Waals surface area contributed by atoms with Crippen LogP contribution in [0.25, 0.3) is 0 Å². The lowest BCUT2D eigenvalue weighted by Gasteiger charge is -2.32. The first-order valence-electron chi connectivity index (χ1n) is 7.54. The summed E-state index contributed by atoms with van der Waals surface area (Å²) in [5.74, 6) is -1.54. The van der Waals surface area contributed by atoms with Gasteiger partial charge in [-0.2, -0.15) is 13.2 Å². The number of aromatic nitrogens is 1. The van der Waals surface area contributed by atoms with Gasteiger partial charge in [0.05, 0.1) is 16.7 Å². The number of pyridine rings is 1. The molecular weight excluding hydrogens is 351 g/mol. The standard InChI is InChI=1S/C17H12F3N3O3/c18-17(19,20)13-6-8-21-10-12(13)15(24)23-9-7-14(23)22-26-16(25)11-4-2-1-3-5-11/h1-6,8,10H,7,9H2. The van der Waals surface area contributed by atoms with E-state index in [2.05, 4.69) is 10.1 Å². The van der Waals surface area contributed by atoms with E-state index >= 15 is 0 Å². The highest BCUT2D eigenvalue weighted by Gasteiger charge is 2.39. The minimum absolute atomic E-state index is 0.0799. The SMILES string of the molecule is O=C(ON=C1CCN1C(=O)c1cnccc1C(F)(F)F)c1ccccc1. The van der Waals surface area contributed by atoms with Gasteiger partial charge in [0.25, 0.3) is 5.91 Å². The second kappa shape index (κ2) is 6.95. The number of amidine groups is 1. The molecule has 0 atom stereocenters. The summed E-state index contributed by atoms with van der Waals surface area (Å²) in [7, 11) is 0. The van der Waals surface area contributed by atoms with E-state index < -0.39 is 29.2 Å². The number of hydrogen-bond donors (Lipinski definition) is 0. The Hall–Kier alpha value is -3.23. The molecule has 1 saturated heterocycles. The second-order valence-electron chi connectivity index (χ2n) is 5.38. The maximum atomic E-state index is 13.0. The van der Waals surface area contributed by atoms with Crippen LogP contribution in [-0.4, -0.2) is 34.1 Å². The van der Waals surface area contributed by atoms with Crippen molar-refractivity contribution in [3.8, 4) is 0 Å². The molecular formula is C17H12F3N3O3. The van der Waals surface area contributed by atoms with Gasteiger partial charge in [-0.05, 0) is 18.2 Å². The van der Waals surface area contributed by atoms with Crippen molar-refractivity contribution in [3.63, 3.8) is 0 Å². The summed E-state index contributed by atoms with van der Waals surface area (Å²) in [6, 6.07) is 8.79. The Kier molecular flexibility index (Phi) is 4.70. The van der Waals surface area contributed by atoms with Crippen molar-refractivity contribution in [2.45, 2.75) is 12.6 Å². The van der Waals surface area contributed by atoms with E-state index in [1.54, 1.807) is 18.2 Å². The Morgan fingerprint density at radius 2 is 1.88 bits per heavy atom. The molecule has 134 valence electrons. The third kappa shape index (κ3) is 3.56. The first-order chi connectivity index (χ1) is 12.4. The molecule has 1 amide bonds. The molecule has 1 aliphatic heterocycles. The van der Waals surface area contributed by atoms with Crippen LogP contribution in [0.1, 0.15) is 32.7 Å². The summed E-state index contributed by atoms with van der Waals surface area (Å²) in [4.78, 5) is 33.6. The average molecular weight is 363 g/mol. The van der Waals surface area contributed by atoms with Crippen LogP contribution < -0.4 is 0 Å². The van der Waals surface area contributed by atoms with Crippen molar-refractivity contribution in [2.24, 2.45) is 5.16 Å². The molecule has 2 heterocycles. The largest absolute Gasteiger partial charge is 0.417 e. The molecule has 1 aromatic heterocycles. The molecule has 9 heteroatoms. The van der Waals surface area contributed by atoms with Crippen LogP contribution >= 0.6 is 0 Å². The summed E-state index contributed by atoms with van der Waals surface area (Å²) in [6.45, 7) is 0.173. The first-order valence-corrected chi connectivity index (χ1v) is 7.54. The van der Waals surface area contributed by atoms with Gasteiger partial charge in [0, 0.05) is 25.4 Å². The van der Waals surface area contributed by atoms with Gasteiger partial charge >= 0.3 is 12.1 Å². The zero-order valence-corrected chi connectivity index (χ0v) is 13.2. The fourth-order valence-electron chi connectivity index (χ4n) is 2.32. The fraction of sp³-hybridized carbons (Fsp3) is 0.176. The number of carbonyl (C=O) groups is 2. The van der Waals surface area contributed by atoms with E-state index in [0.29, 0.717) is 6.42 Å². The summed E-state index contributed by atoms with van der Waals surface area (Å²) < 4.78 is 39.1. The molecule has 0 saturated carbocycles.